The average Bonchev–Trinajstić information content (AvgIpc) is 2.28. The van der Waals surface area contributed by atoms with Gasteiger partial charge in [-0.3, -0.25) is 4.90 Å². The number of phenolic OH excluding ortho intramolecular Hbond substituents is 1. The molecule has 0 fully saturated rings. The highest BCUT2D eigenvalue weighted by Crippen LogP contribution is 2.28. The van der Waals surface area contributed by atoms with Crippen LogP contribution in [-0.2, 0) is 0 Å². The smallest absolute Gasteiger partial charge is 0.123 e. The Balaban J connectivity index is 2.78. The highest BCUT2D eigenvalue weighted by Gasteiger charge is 2.15. The highest BCUT2D eigenvalue weighted by molar-refractivity contribution is 5.34. The van der Waals surface area contributed by atoms with E-state index in [-0.39, 0.29) is 17.6 Å². The molecule has 90 valence electrons. The van der Waals surface area contributed by atoms with Gasteiger partial charge in [0.1, 0.15) is 11.6 Å². The van der Waals surface area contributed by atoms with Crippen LogP contribution in [0.3, 0.4) is 0 Å². The number of aromatic hydroxyl groups is 1. The normalized spacial score (nSPS) is 13.1. The topological polar surface area (TPSA) is 49.5 Å². The second-order valence-electron chi connectivity index (χ2n) is 4.00. The molecule has 0 spiro atoms. The molecule has 16 heavy (non-hydrogen) atoms. The second kappa shape index (κ2) is 5.82. The van der Waals surface area contributed by atoms with E-state index in [9.17, 15) is 9.50 Å². The van der Waals surface area contributed by atoms with Crippen LogP contribution in [0.15, 0.2) is 18.2 Å². The van der Waals surface area contributed by atoms with Crippen LogP contribution in [0, 0.1) is 5.82 Å². The third kappa shape index (κ3) is 3.18. The molecule has 1 aromatic carbocycles. The lowest BCUT2D eigenvalue weighted by atomic mass is 10.1. The summed E-state index contributed by atoms with van der Waals surface area (Å²) < 4.78 is 13.1. The molecule has 0 radical (unpaired) electrons. The van der Waals surface area contributed by atoms with Gasteiger partial charge in [-0.25, -0.2) is 4.39 Å². The molecule has 1 atom stereocenters. The Morgan fingerprint density at radius 2 is 2.19 bits per heavy atom. The molecule has 0 aromatic heterocycles. The van der Waals surface area contributed by atoms with Crippen molar-refractivity contribution >= 4 is 0 Å². The SMILES string of the molecule is CC(c1cc(F)ccc1O)N(C)CCCN. The summed E-state index contributed by atoms with van der Waals surface area (Å²) in [7, 11) is 1.94. The fourth-order valence-electron chi connectivity index (χ4n) is 1.63. The molecule has 0 aliphatic rings. The van der Waals surface area contributed by atoms with Crippen LogP contribution in [-0.4, -0.2) is 30.1 Å². The van der Waals surface area contributed by atoms with Crippen molar-refractivity contribution in [3.05, 3.63) is 29.6 Å². The van der Waals surface area contributed by atoms with Crippen LogP contribution in [0.25, 0.3) is 0 Å². The minimum absolute atomic E-state index is 0.0257. The van der Waals surface area contributed by atoms with Gasteiger partial charge in [0.25, 0.3) is 0 Å². The summed E-state index contributed by atoms with van der Waals surface area (Å²) in [5, 5.41) is 9.66. The summed E-state index contributed by atoms with van der Waals surface area (Å²) in [6, 6.07) is 3.99. The first kappa shape index (κ1) is 12.9. The monoisotopic (exact) mass is 226 g/mol. The minimum atomic E-state index is -0.327. The van der Waals surface area contributed by atoms with Crippen molar-refractivity contribution in [3.8, 4) is 5.75 Å². The van der Waals surface area contributed by atoms with Gasteiger partial charge in [0, 0.05) is 11.6 Å². The number of rotatable bonds is 5. The van der Waals surface area contributed by atoms with Crippen molar-refractivity contribution in [2.75, 3.05) is 20.1 Å². The van der Waals surface area contributed by atoms with Gasteiger partial charge in [-0.15, -0.1) is 0 Å². The van der Waals surface area contributed by atoms with Gasteiger partial charge in [-0.2, -0.15) is 0 Å². The average molecular weight is 226 g/mol. The molecule has 3 nitrogen and oxygen atoms in total. The van der Waals surface area contributed by atoms with E-state index in [1.807, 2.05) is 18.9 Å². The number of nitrogens with zero attached hydrogens (tertiary/aromatic N) is 1. The Kier molecular flexibility index (Phi) is 4.71. The van der Waals surface area contributed by atoms with Gasteiger partial charge in [0.2, 0.25) is 0 Å². The van der Waals surface area contributed by atoms with Gasteiger partial charge in [-0.1, -0.05) is 0 Å². The Morgan fingerprint density at radius 1 is 1.50 bits per heavy atom. The number of benzene rings is 1. The van der Waals surface area contributed by atoms with Crippen LogP contribution in [0.4, 0.5) is 4.39 Å². The zero-order valence-electron chi connectivity index (χ0n) is 9.78. The highest BCUT2D eigenvalue weighted by atomic mass is 19.1. The van der Waals surface area contributed by atoms with Gasteiger partial charge >= 0.3 is 0 Å². The maximum Gasteiger partial charge on any atom is 0.123 e. The van der Waals surface area contributed by atoms with Gasteiger partial charge in [0.15, 0.2) is 0 Å². The van der Waals surface area contributed by atoms with Gasteiger partial charge in [0.05, 0.1) is 0 Å². The number of phenols is 1. The largest absolute Gasteiger partial charge is 0.508 e. The van der Waals surface area contributed by atoms with Crippen molar-refractivity contribution in [1.29, 1.82) is 0 Å². The zero-order valence-corrected chi connectivity index (χ0v) is 9.78. The van der Waals surface area contributed by atoms with E-state index < -0.39 is 0 Å². The first-order chi connectivity index (χ1) is 7.56. The lowest BCUT2D eigenvalue weighted by molar-refractivity contribution is 0.254. The predicted molar refractivity (Wildman–Crippen MR) is 62.8 cm³/mol. The van der Waals surface area contributed by atoms with E-state index >= 15 is 0 Å². The first-order valence-electron chi connectivity index (χ1n) is 5.45. The third-order valence-corrected chi connectivity index (χ3v) is 2.82. The van der Waals surface area contributed by atoms with Crippen molar-refractivity contribution in [1.82, 2.24) is 4.90 Å². The van der Waals surface area contributed by atoms with E-state index in [0.717, 1.165) is 13.0 Å². The van der Waals surface area contributed by atoms with E-state index in [1.54, 1.807) is 0 Å². The van der Waals surface area contributed by atoms with Crippen LogP contribution in [0.2, 0.25) is 0 Å². The van der Waals surface area contributed by atoms with Crippen LogP contribution >= 0.6 is 0 Å². The quantitative estimate of drug-likeness (QED) is 0.806. The van der Waals surface area contributed by atoms with Crippen molar-refractivity contribution in [3.63, 3.8) is 0 Å². The van der Waals surface area contributed by atoms with Gasteiger partial charge < -0.3 is 10.8 Å². The molecule has 0 heterocycles. The lowest BCUT2D eigenvalue weighted by Crippen LogP contribution is -2.25. The number of hydrogen-bond donors (Lipinski definition) is 2. The first-order valence-corrected chi connectivity index (χ1v) is 5.45. The number of nitrogens with two attached hydrogens (primary N) is 1. The van der Waals surface area contributed by atoms with Crippen molar-refractivity contribution in [2.45, 2.75) is 19.4 Å². The molecular formula is C12H19FN2O. The maximum atomic E-state index is 13.1. The van der Waals surface area contributed by atoms with E-state index in [1.165, 1.54) is 18.2 Å². The molecule has 0 amide bonds. The van der Waals surface area contributed by atoms with Crippen molar-refractivity contribution < 1.29 is 9.50 Å². The molecule has 1 rings (SSSR count). The summed E-state index contributed by atoms with van der Waals surface area (Å²) in [4.78, 5) is 2.04. The summed E-state index contributed by atoms with van der Waals surface area (Å²) in [6.45, 7) is 3.39. The molecule has 0 saturated carbocycles. The molecule has 4 heteroatoms. The Bertz CT molecular complexity index is 344. The molecule has 1 aromatic rings. The Morgan fingerprint density at radius 3 is 2.81 bits per heavy atom. The van der Waals surface area contributed by atoms with E-state index in [0.29, 0.717) is 12.1 Å². The summed E-state index contributed by atoms with van der Waals surface area (Å²) >= 11 is 0. The number of hydrogen-bond acceptors (Lipinski definition) is 3. The van der Waals surface area contributed by atoms with Crippen molar-refractivity contribution in [2.24, 2.45) is 5.73 Å². The fraction of sp³-hybridized carbons (Fsp3) is 0.500. The Labute approximate surface area is 95.7 Å². The number of halogens is 1. The van der Waals surface area contributed by atoms with Crippen LogP contribution < -0.4 is 5.73 Å². The van der Waals surface area contributed by atoms with Crippen LogP contribution in [0.5, 0.6) is 5.75 Å². The second-order valence-corrected chi connectivity index (χ2v) is 4.00. The molecule has 0 saturated heterocycles. The minimum Gasteiger partial charge on any atom is -0.508 e. The zero-order chi connectivity index (χ0) is 12.1. The maximum absolute atomic E-state index is 13.1. The molecular weight excluding hydrogens is 207 g/mol. The molecule has 1 unspecified atom stereocenters. The Hall–Kier alpha value is -1.13. The lowest BCUT2D eigenvalue weighted by Gasteiger charge is -2.25. The summed E-state index contributed by atoms with van der Waals surface area (Å²) in [6.07, 6.45) is 0.886. The van der Waals surface area contributed by atoms with Gasteiger partial charge in [-0.05, 0) is 51.7 Å². The molecule has 0 aliphatic carbocycles. The molecule has 0 bridgehead atoms. The summed E-state index contributed by atoms with van der Waals surface area (Å²) in [5.41, 5.74) is 6.04. The third-order valence-electron chi connectivity index (χ3n) is 2.82. The molecule has 0 aliphatic heterocycles. The standard InChI is InChI=1S/C12H19FN2O/c1-9(15(2)7-3-6-14)11-8-10(13)4-5-12(11)16/h4-5,8-9,16H,3,6-7,14H2,1-2H3. The fourth-order valence-corrected chi connectivity index (χ4v) is 1.63. The van der Waals surface area contributed by atoms with E-state index in [2.05, 4.69) is 0 Å². The molecule has 3 N–H and O–H groups in total. The predicted octanol–water partition coefficient (Wildman–Crippen LogP) is 1.87. The summed E-state index contributed by atoms with van der Waals surface area (Å²) in [5.74, 6) is -0.194. The van der Waals surface area contributed by atoms with E-state index in [4.69, 9.17) is 5.73 Å². The van der Waals surface area contributed by atoms with Crippen LogP contribution in [0.1, 0.15) is 24.9 Å².